The second kappa shape index (κ2) is 8.34. The van der Waals surface area contributed by atoms with Crippen molar-refractivity contribution < 1.29 is 19.4 Å². The van der Waals surface area contributed by atoms with Crippen LogP contribution in [0.2, 0.25) is 0 Å². The SMILES string of the molecule is C#CCOCCOC(=O)N1C[C@@H](O)[C@H](N2CCc3ccccc3C2)C1. The number of hydrogen-bond acceptors (Lipinski definition) is 5. The maximum atomic E-state index is 12.1. The number of likely N-dealkylation sites (tertiary alicyclic amines) is 1. The van der Waals surface area contributed by atoms with Crippen molar-refractivity contribution in [2.24, 2.45) is 0 Å². The molecule has 6 heteroatoms. The van der Waals surface area contributed by atoms with Crippen molar-refractivity contribution in [2.75, 3.05) is 39.5 Å². The summed E-state index contributed by atoms with van der Waals surface area (Å²) in [7, 11) is 0. The van der Waals surface area contributed by atoms with Crippen molar-refractivity contribution >= 4 is 6.09 Å². The van der Waals surface area contributed by atoms with Gasteiger partial charge in [0.05, 0.1) is 25.3 Å². The fraction of sp³-hybridized carbons (Fsp3) is 0.526. The zero-order chi connectivity index (χ0) is 17.6. The van der Waals surface area contributed by atoms with Crippen LogP contribution in [0.4, 0.5) is 4.79 Å². The predicted octanol–water partition coefficient (Wildman–Crippen LogP) is 0.876. The Kier molecular flexibility index (Phi) is 5.92. The summed E-state index contributed by atoms with van der Waals surface area (Å²) in [6.45, 7) is 3.12. The van der Waals surface area contributed by atoms with Crippen LogP contribution >= 0.6 is 0 Å². The van der Waals surface area contributed by atoms with E-state index in [1.807, 2.05) is 6.07 Å². The Balaban J connectivity index is 1.50. The van der Waals surface area contributed by atoms with Gasteiger partial charge in [-0.3, -0.25) is 4.90 Å². The standard InChI is InChI=1S/C19H24N2O4/c1-2-9-24-10-11-25-19(23)21-13-17(18(22)14-21)20-8-7-15-5-3-4-6-16(15)12-20/h1,3-6,17-18,22H,7-14H2/t17-,18-/m1/s1. The van der Waals surface area contributed by atoms with Gasteiger partial charge in [-0.15, -0.1) is 6.42 Å². The molecular formula is C19H24N2O4. The smallest absolute Gasteiger partial charge is 0.409 e. The Morgan fingerprint density at radius 3 is 2.88 bits per heavy atom. The van der Waals surface area contributed by atoms with Gasteiger partial charge in [0.15, 0.2) is 0 Å². The Morgan fingerprint density at radius 2 is 2.08 bits per heavy atom. The molecule has 0 bridgehead atoms. The molecule has 0 unspecified atom stereocenters. The van der Waals surface area contributed by atoms with Crippen LogP contribution in [0.1, 0.15) is 11.1 Å². The molecule has 0 spiro atoms. The van der Waals surface area contributed by atoms with Crippen molar-refractivity contribution in [2.45, 2.75) is 25.1 Å². The number of carbonyl (C=O) groups is 1. The number of aliphatic hydroxyl groups excluding tert-OH is 1. The summed E-state index contributed by atoms with van der Waals surface area (Å²) in [5, 5.41) is 10.4. The molecule has 3 rings (SSSR count). The van der Waals surface area contributed by atoms with Gasteiger partial charge in [-0.2, -0.15) is 0 Å². The van der Waals surface area contributed by atoms with Crippen LogP contribution < -0.4 is 0 Å². The zero-order valence-corrected chi connectivity index (χ0v) is 14.3. The lowest BCUT2D eigenvalue weighted by atomic mass is 9.98. The van der Waals surface area contributed by atoms with Gasteiger partial charge in [0.1, 0.15) is 13.2 Å². The molecule has 2 aliphatic rings. The van der Waals surface area contributed by atoms with Gasteiger partial charge in [-0.25, -0.2) is 4.79 Å². The lowest BCUT2D eigenvalue weighted by Gasteiger charge is -2.34. The largest absolute Gasteiger partial charge is 0.447 e. The third-order valence-electron chi connectivity index (χ3n) is 4.79. The van der Waals surface area contributed by atoms with Crippen LogP contribution in [-0.2, 0) is 22.4 Å². The summed E-state index contributed by atoms with van der Waals surface area (Å²) in [5.41, 5.74) is 2.67. The molecule has 0 aromatic heterocycles. The van der Waals surface area contributed by atoms with Crippen molar-refractivity contribution in [1.82, 2.24) is 9.80 Å². The van der Waals surface area contributed by atoms with Gasteiger partial charge in [0.2, 0.25) is 0 Å². The van der Waals surface area contributed by atoms with Crippen molar-refractivity contribution in [3.05, 3.63) is 35.4 Å². The molecule has 0 saturated carbocycles. The quantitative estimate of drug-likeness (QED) is 0.635. The third-order valence-corrected chi connectivity index (χ3v) is 4.79. The van der Waals surface area contributed by atoms with E-state index in [1.54, 1.807) is 4.90 Å². The number of nitrogens with zero attached hydrogens (tertiary/aromatic N) is 2. The number of benzene rings is 1. The predicted molar refractivity (Wildman–Crippen MR) is 92.9 cm³/mol. The number of aliphatic hydroxyl groups is 1. The molecule has 1 saturated heterocycles. The normalized spacial score (nSPS) is 23.1. The molecule has 25 heavy (non-hydrogen) atoms. The Hall–Kier alpha value is -2.07. The molecule has 0 aliphatic carbocycles. The highest BCUT2D eigenvalue weighted by Crippen LogP contribution is 2.25. The molecular weight excluding hydrogens is 320 g/mol. The minimum absolute atomic E-state index is 0.0569. The molecule has 2 heterocycles. The van der Waals surface area contributed by atoms with E-state index in [0.717, 1.165) is 19.5 Å². The number of rotatable bonds is 5. The van der Waals surface area contributed by atoms with Crippen LogP contribution in [-0.4, -0.2) is 72.6 Å². The van der Waals surface area contributed by atoms with E-state index >= 15 is 0 Å². The van der Waals surface area contributed by atoms with Gasteiger partial charge >= 0.3 is 6.09 Å². The molecule has 1 aromatic carbocycles. The molecule has 134 valence electrons. The van der Waals surface area contributed by atoms with Crippen LogP contribution in [0.3, 0.4) is 0 Å². The Morgan fingerprint density at radius 1 is 1.28 bits per heavy atom. The monoisotopic (exact) mass is 344 g/mol. The van der Waals surface area contributed by atoms with E-state index in [4.69, 9.17) is 15.9 Å². The summed E-state index contributed by atoms with van der Waals surface area (Å²) < 4.78 is 10.3. The first kappa shape index (κ1) is 17.7. The molecule has 6 nitrogen and oxygen atoms in total. The number of terminal acetylenes is 1. The van der Waals surface area contributed by atoms with Gasteiger partial charge in [-0.1, -0.05) is 30.2 Å². The minimum atomic E-state index is -0.560. The van der Waals surface area contributed by atoms with Crippen molar-refractivity contribution in [1.29, 1.82) is 0 Å². The number of β-amino-alcohol motifs (C(OH)–C–C–N with tert-alkyl or cyclic N) is 1. The van der Waals surface area contributed by atoms with Crippen LogP contribution in [0.5, 0.6) is 0 Å². The molecule has 1 aromatic rings. The number of amides is 1. The molecule has 1 N–H and O–H groups in total. The summed E-state index contributed by atoms with van der Waals surface area (Å²) in [5.74, 6) is 2.35. The average Bonchev–Trinajstić information content (AvgIpc) is 3.03. The van der Waals surface area contributed by atoms with Crippen LogP contribution in [0.15, 0.2) is 24.3 Å². The van der Waals surface area contributed by atoms with E-state index in [1.165, 1.54) is 11.1 Å². The summed E-state index contributed by atoms with van der Waals surface area (Å²) in [6, 6.07) is 8.33. The fourth-order valence-electron chi connectivity index (χ4n) is 3.49. The number of ether oxygens (including phenoxy) is 2. The molecule has 1 fully saturated rings. The first-order valence-corrected chi connectivity index (χ1v) is 8.61. The summed E-state index contributed by atoms with van der Waals surface area (Å²) in [4.78, 5) is 16.0. The van der Waals surface area contributed by atoms with Gasteiger partial charge in [0, 0.05) is 19.6 Å². The first-order valence-electron chi connectivity index (χ1n) is 8.61. The summed E-state index contributed by atoms with van der Waals surface area (Å²) in [6.07, 6.45) is 5.07. The third kappa shape index (κ3) is 4.31. The highest BCUT2D eigenvalue weighted by molar-refractivity contribution is 5.68. The fourth-order valence-corrected chi connectivity index (χ4v) is 3.49. The van der Waals surface area contributed by atoms with Crippen LogP contribution in [0.25, 0.3) is 0 Å². The lowest BCUT2D eigenvalue weighted by molar-refractivity contribution is 0.0658. The van der Waals surface area contributed by atoms with Gasteiger partial charge in [0.25, 0.3) is 0 Å². The maximum Gasteiger partial charge on any atom is 0.409 e. The second-order valence-electron chi connectivity index (χ2n) is 6.40. The highest BCUT2D eigenvalue weighted by atomic mass is 16.6. The first-order chi connectivity index (χ1) is 12.2. The topological polar surface area (TPSA) is 62.2 Å². The van der Waals surface area contributed by atoms with Crippen molar-refractivity contribution in [3.8, 4) is 12.3 Å². The van der Waals surface area contributed by atoms with Gasteiger partial charge < -0.3 is 19.5 Å². The number of hydrogen-bond donors (Lipinski definition) is 1. The average molecular weight is 344 g/mol. The molecule has 1 amide bonds. The number of fused-ring (bicyclic) bond motifs is 1. The second-order valence-corrected chi connectivity index (χ2v) is 6.40. The Labute approximate surface area is 148 Å². The van der Waals surface area contributed by atoms with E-state index in [-0.39, 0.29) is 25.9 Å². The summed E-state index contributed by atoms with van der Waals surface area (Å²) >= 11 is 0. The minimum Gasteiger partial charge on any atom is -0.447 e. The number of carbonyl (C=O) groups excluding carboxylic acids is 1. The van der Waals surface area contributed by atoms with Crippen LogP contribution in [0, 0.1) is 12.3 Å². The van der Waals surface area contributed by atoms with E-state index in [9.17, 15) is 9.90 Å². The van der Waals surface area contributed by atoms with Gasteiger partial charge in [-0.05, 0) is 17.5 Å². The molecule has 2 atom stereocenters. The zero-order valence-electron chi connectivity index (χ0n) is 14.3. The lowest BCUT2D eigenvalue weighted by Crippen LogP contribution is -2.45. The molecule has 2 aliphatic heterocycles. The molecule has 0 radical (unpaired) electrons. The van der Waals surface area contributed by atoms with E-state index in [0.29, 0.717) is 13.1 Å². The van der Waals surface area contributed by atoms with E-state index < -0.39 is 12.2 Å². The Bertz CT molecular complexity index is 643. The maximum absolute atomic E-state index is 12.1. The highest BCUT2D eigenvalue weighted by Gasteiger charge is 2.39. The van der Waals surface area contributed by atoms with E-state index in [2.05, 4.69) is 29.0 Å². The van der Waals surface area contributed by atoms with Crippen molar-refractivity contribution in [3.63, 3.8) is 0 Å².